The Morgan fingerprint density at radius 2 is 2.32 bits per heavy atom. The van der Waals surface area contributed by atoms with Crippen molar-refractivity contribution in [2.24, 2.45) is 0 Å². The number of nitrogens with zero attached hydrogens (tertiary/aromatic N) is 2. The van der Waals surface area contributed by atoms with Crippen molar-refractivity contribution in [2.45, 2.75) is 13.0 Å². The van der Waals surface area contributed by atoms with Crippen LogP contribution in [-0.4, -0.2) is 27.1 Å². The van der Waals surface area contributed by atoms with Crippen LogP contribution in [-0.2, 0) is 6.54 Å². The highest BCUT2D eigenvalue weighted by Gasteiger charge is 2.10. The molecule has 0 spiro atoms. The van der Waals surface area contributed by atoms with Gasteiger partial charge in [0.1, 0.15) is 5.75 Å². The Bertz CT molecular complexity index is 552. The molecule has 0 aliphatic carbocycles. The summed E-state index contributed by atoms with van der Waals surface area (Å²) in [6.45, 7) is 1.31. The molecule has 19 heavy (non-hydrogen) atoms. The van der Waals surface area contributed by atoms with Gasteiger partial charge < -0.3 is 20.7 Å². The normalized spacial score (nSPS) is 10.3. The molecular formula is C13H16N4O2. The molecule has 1 heterocycles. The van der Waals surface area contributed by atoms with E-state index in [4.69, 9.17) is 5.73 Å². The van der Waals surface area contributed by atoms with Gasteiger partial charge in [-0.05, 0) is 18.6 Å². The zero-order chi connectivity index (χ0) is 13.7. The number of hydrogen-bond donors (Lipinski definition) is 3. The van der Waals surface area contributed by atoms with Gasteiger partial charge in [0.25, 0.3) is 5.91 Å². The standard InChI is InChI=1S/C13H16N4O2/c14-10-2-3-11(12(18)8-10)13(19)16-4-1-6-17-7-5-15-9-17/h2-3,5,7-9,18H,1,4,6,14H2,(H,16,19). The van der Waals surface area contributed by atoms with Crippen molar-refractivity contribution in [3.63, 3.8) is 0 Å². The van der Waals surface area contributed by atoms with E-state index in [1.54, 1.807) is 18.6 Å². The summed E-state index contributed by atoms with van der Waals surface area (Å²) in [5, 5.41) is 12.4. The van der Waals surface area contributed by atoms with Crippen LogP contribution in [0.3, 0.4) is 0 Å². The van der Waals surface area contributed by atoms with Gasteiger partial charge in [-0.2, -0.15) is 0 Å². The molecule has 0 bridgehead atoms. The summed E-state index contributed by atoms with van der Waals surface area (Å²) in [6.07, 6.45) is 6.10. The molecule has 0 radical (unpaired) electrons. The van der Waals surface area contributed by atoms with E-state index in [1.807, 2.05) is 10.8 Å². The lowest BCUT2D eigenvalue weighted by Gasteiger charge is -2.07. The topological polar surface area (TPSA) is 93.2 Å². The van der Waals surface area contributed by atoms with Crippen molar-refractivity contribution in [2.75, 3.05) is 12.3 Å². The average molecular weight is 260 g/mol. The summed E-state index contributed by atoms with van der Waals surface area (Å²) < 4.78 is 1.94. The van der Waals surface area contributed by atoms with Gasteiger partial charge in [0.2, 0.25) is 0 Å². The number of amides is 1. The SMILES string of the molecule is Nc1ccc(C(=O)NCCCn2ccnc2)c(O)c1. The quantitative estimate of drug-likeness (QED) is 0.552. The number of aromatic hydroxyl groups is 1. The monoisotopic (exact) mass is 260 g/mol. The van der Waals surface area contributed by atoms with Gasteiger partial charge in [-0.15, -0.1) is 0 Å². The third-order valence-corrected chi connectivity index (χ3v) is 2.70. The van der Waals surface area contributed by atoms with Crippen LogP contribution in [0.15, 0.2) is 36.9 Å². The number of rotatable bonds is 5. The van der Waals surface area contributed by atoms with Crippen molar-refractivity contribution in [1.82, 2.24) is 14.9 Å². The van der Waals surface area contributed by atoms with Crippen molar-refractivity contribution in [3.8, 4) is 5.75 Å². The number of hydrogen-bond acceptors (Lipinski definition) is 4. The minimum atomic E-state index is -0.303. The Morgan fingerprint density at radius 1 is 1.47 bits per heavy atom. The maximum absolute atomic E-state index is 11.8. The van der Waals surface area contributed by atoms with Crippen LogP contribution >= 0.6 is 0 Å². The van der Waals surface area contributed by atoms with Crippen LogP contribution in [0.4, 0.5) is 5.69 Å². The third kappa shape index (κ3) is 3.48. The van der Waals surface area contributed by atoms with Crippen molar-refractivity contribution in [1.29, 1.82) is 0 Å². The van der Waals surface area contributed by atoms with Crippen LogP contribution < -0.4 is 11.1 Å². The number of nitrogens with one attached hydrogen (secondary N) is 1. The maximum Gasteiger partial charge on any atom is 0.255 e. The molecule has 0 aliphatic heterocycles. The molecule has 6 heteroatoms. The van der Waals surface area contributed by atoms with Gasteiger partial charge in [0, 0.05) is 37.2 Å². The molecule has 0 saturated carbocycles. The molecule has 1 aromatic carbocycles. The summed E-state index contributed by atoms with van der Waals surface area (Å²) in [7, 11) is 0. The van der Waals surface area contributed by atoms with E-state index < -0.39 is 0 Å². The van der Waals surface area contributed by atoms with Crippen LogP contribution in [0.25, 0.3) is 0 Å². The first-order chi connectivity index (χ1) is 9.16. The second kappa shape index (κ2) is 5.90. The van der Waals surface area contributed by atoms with Gasteiger partial charge in [0.15, 0.2) is 0 Å². The lowest BCUT2D eigenvalue weighted by atomic mass is 10.1. The van der Waals surface area contributed by atoms with E-state index in [1.165, 1.54) is 12.1 Å². The number of phenols is 1. The Labute approximate surface area is 110 Å². The number of carbonyl (C=O) groups excluding carboxylic acids is 1. The van der Waals surface area contributed by atoms with E-state index in [9.17, 15) is 9.90 Å². The first-order valence-corrected chi connectivity index (χ1v) is 5.99. The highest BCUT2D eigenvalue weighted by molar-refractivity contribution is 5.97. The van der Waals surface area contributed by atoms with E-state index in [0.29, 0.717) is 12.2 Å². The summed E-state index contributed by atoms with van der Waals surface area (Å²) in [6, 6.07) is 4.45. The van der Waals surface area contributed by atoms with Crippen molar-refractivity contribution in [3.05, 3.63) is 42.5 Å². The molecule has 1 amide bonds. The summed E-state index contributed by atoms with van der Waals surface area (Å²) in [5.74, 6) is -0.407. The Kier molecular flexibility index (Phi) is 4.02. The first-order valence-electron chi connectivity index (χ1n) is 5.99. The third-order valence-electron chi connectivity index (χ3n) is 2.70. The molecule has 100 valence electrons. The molecule has 0 fully saturated rings. The van der Waals surface area contributed by atoms with E-state index in [2.05, 4.69) is 10.3 Å². The van der Waals surface area contributed by atoms with Crippen LogP contribution in [0.2, 0.25) is 0 Å². The second-order valence-corrected chi connectivity index (χ2v) is 4.19. The fourth-order valence-corrected chi connectivity index (χ4v) is 1.72. The number of phenolic OH excluding ortho intramolecular Hbond substituents is 1. The Balaban J connectivity index is 1.81. The van der Waals surface area contributed by atoms with Crippen molar-refractivity contribution < 1.29 is 9.90 Å². The van der Waals surface area contributed by atoms with Gasteiger partial charge in [-0.1, -0.05) is 0 Å². The number of benzene rings is 1. The molecule has 4 N–H and O–H groups in total. The summed E-state index contributed by atoms with van der Waals surface area (Å²) in [5.41, 5.74) is 6.16. The Hall–Kier alpha value is -2.50. The van der Waals surface area contributed by atoms with Crippen LogP contribution in [0.1, 0.15) is 16.8 Å². The zero-order valence-electron chi connectivity index (χ0n) is 10.4. The lowest BCUT2D eigenvalue weighted by molar-refractivity contribution is 0.0950. The van der Waals surface area contributed by atoms with E-state index >= 15 is 0 Å². The largest absolute Gasteiger partial charge is 0.507 e. The average Bonchev–Trinajstić information content (AvgIpc) is 2.87. The highest BCUT2D eigenvalue weighted by atomic mass is 16.3. The fourth-order valence-electron chi connectivity index (χ4n) is 1.72. The van der Waals surface area contributed by atoms with Gasteiger partial charge >= 0.3 is 0 Å². The molecular weight excluding hydrogens is 244 g/mol. The number of anilines is 1. The smallest absolute Gasteiger partial charge is 0.255 e. The number of nitrogens with two attached hydrogens (primary N) is 1. The molecule has 2 rings (SSSR count). The molecule has 0 atom stereocenters. The maximum atomic E-state index is 11.8. The van der Waals surface area contributed by atoms with Crippen LogP contribution in [0.5, 0.6) is 5.75 Å². The number of imidazole rings is 1. The number of nitrogen functional groups attached to an aromatic ring is 1. The zero-order valence-corrected chi connectivity index (χ0v) is 10.4. The van der Waals surface area contributed by atoms with Gasteiger partial charge in [0.05, 0.1) is 11.9 Å². The highest BCUT2D eigenvalue weighted by Crippen LogP contribution is 2.19. The molecule has 0 unspecified atom stereocenters. The van der Waals surface area contributed by atoms with E-state index in [-0.39, 0.29) is 17.2 Å². The number of aryl methyl sites for hydroxylation is 1. The fraction of sp³-hybridized carbons (Fsp3) is 0.231. The molecule has 6 nitrogen and oxygen atoms in total. The molecule has 1 aromatic heterocycles. The minimum Gasteiger partial charge on any atom is -0.507 e. The van der Waals surface area contributed by atoms with Gasteiger partial charge in [-0.25, -0.2) is 4.98 Å². The van der Waals surface area contributed by atoms with Crippen LogP contribution in [0, 0.1) is 0 Å². The number of aromatic nitrogens is 2. The predicted molar refractivity (Wildman–Crippen MR) is 71.7 cm³/mol. The molecule has 0 saturated heterocycles. The minimum absolute atomic E-state index is 0.105. The lowest BCUT2D eigenvalue weighted by Crippen LogP contribution is -2.25. The molecule has 0 aliphatic rings. The Morgan fingerprint density at radius 3 is 3.00 bits per heavy atom. The summed E-state index contributed by atoms with van der Waals surface area (Å²) in [4.78, 5) is 15.7. The van der Waals surface area contributed by atoms with Crippen molar-refractivity contribution >= 4 is 11.6 Å². The van der Waals surface area contributed by atoms with Gasteiger partial charge in [-0.3, -0.25) is 4.79 Å². The second-order valence-electron chi connectivity index (χ2n) is 4.19. The van der Waals surface area contributed by atoms with E-state index in [0.717, 1.165) is 13.0 Å². The predicted octanol–water partition coefficient (Wildman–Crippen LogP) is 0.991. The number of carbonyl (C=O) groups is 1. The first kappa shape index (κ1) is 12.9. The molecule has 2 aromatic rings. The summed E-state index contributed by atoms with van der Waals surface area (Å²) >= 11 is 0.